The van der Waals surface area contributed by atoms with Crippen LogP contribution >= 0.6 is 24.0 Å². The lowest BCUT2D eigenvalue weighted by Gasteiger charge is -2.33. The van der Waals surface area contributed by atoms with E-state index in [1.807, 2.05) is 11.8 Å². The first-order valence-corrected chi connectivity index (χ1v) is 6.73. The highest BCUT2D eigenvalue weighted by Gasteiger charge is 2.15. The Morgan fingerprint density at radius 1 is 1.29 bits per heavy atom. The molecule has 4 heteroatoms. The van der Waals surface area contributed by atoms with Gasteiger partial charge in [-0.15, -0.1) is 0 Å². The van der Waals surface area contributed by atoms with Gasteiger partial charge in [0.25, 0.3) is 0 Å². The Labute approximate surface area is 97.0 Å². The zero-order valence-corrected chi connectivity index (χ0v) is 10.8. The average molecular weight is 232 g/mol. The van der Waals surface area contributed by atoms with Gasteiger partial charge in [0.05, 0.1) is 0 Å². The number of piperazine rings is 1. The fourth-order valence-electron chi connectivity index (χ4n) is 1.38. The van der Waals surface area contributed by atoms with E-state index in [0.29, 0.717) is 0 Å². The van der Waals surface area contributed by atoms with Crippen LogP contribution in [0.4, 0.5) is 0 Å². The molecule has 14 heavy (non-hydrogen) atoms. The summed E-state index contributed by atoms with van der Waals surface area (Å²) < 4.78 is 1.10. The van der Waals surface area contributed by atoms with Crippen molar-refractivity contribution in [1.29, 1.82) is 0 Å². The number of thioether (sulfide) groups is 1. The first kappa shape index (κ1) is 12.3. The molecular formula is C10H20N2S2. The summed E-state index contributed by atoms with van der Waals surface area (Å²) in [6.07, 6.45) is 2.54. The van der Waals surface area contributed by atoms with Gasteiger partial charge in [0.1, 0.15) is 4.32 Å². The first-order valence-electron chi connectivity index (χ1n) is 5.34. The normalized spacial score (nSPS) is 18.6. The number of thiocarbonyl (C=S) groups is 1. The molecule has 0 N–H and O–H groups in total. The molecule has 0 aliphatic carbocycles. The Hall–Kier alpha value is 0.200. The largest absolute Gasteiger partial charge is 0.355 e. The van der Waals surface area contributed by atoms with Crippen molar-refractivity contribution in [2.75, 3.05) is 39.0 Å². The van der Waals surface area contributed by atoms with Gasteiger partial charge in [0, 0.05) is 31.9 Å². The molecular weight excluding hydrogens is 212 g/mol. The molecule has 0 unspecified atom stereocenters. The molecule has 1 aliphatic rings. The number of unbranched alkanes of at least 4 members (excludes halogenated alkanes) is 1. The maximum Gasteiger partial charge on any atom is 0.136 e. The molecule has 82 valence electrons. The van der Waals surface area contributed by atoms with E-state index in [2.05, 4.69) is 23.8 Å². The van der Waals surface area contributed by atoms with Crippen molar-refractivity contribution in [1.82, 2.24) is 9.80 Å². The van der Waals surface area contributed by atoms with Crippen molar-refractivity contribution in [3.63, 3.8) is 0 Å². The minimum Gasteiger partial charge on any atom is -0.355 e. The van der Waals surface area contributed by atoms with Gasteiger partial charge in [0.15, 0.2) is 0 Å². The van der Waals surface area contributed by atoms with E-state index in [9.17, 15) is 0 Å². The number of likely N-dealkylation sites (N-methyl/N-ethyl adjacent to an activating group) is 1. The summed E-state index contributed by atoms with van der Waals surface area (Å²) in [5.74, 6) is 1.18. The van der Waals surface area contributed by atoms with Gasteiger partial charge in [0.2, 0.25) is 0 Å². The standard InChI is InChI=1S/C10H20N2S2/c1-3-4-9-14-10(13)12-7-5-11(2)6-8-12/h3-9H2,1-2H3. The summed E-state index contributed by atoms with van der Waals surface area (Å²) >= 11 is 7.24. The fourth-order valence-corrected chi connectivity index (χ4v) is 2.79. The Morgan fingerprint density at radius 3 is 2.50 bits per heavy atom. The van der Waals surface area contributed by atoms with E-state index in [0.717, 1.165) is 30.5 Å². The molecule has 1 fully saturated rings. The van der Waals surface area contributed by atoms with E-state index in [4.69, 9.17) is 12.2 Å². The van der Waals surface area contributed by atoms with Gasteiger partial charge in [-0.2, -0.15) is 0 Å². The zero-order chi connectivity index (χ0) is 10.4. The van der Waals surface area contributed by atoms with Crippen molar-refractivity contribution in [3.05, 3.63) is 0 Å². The summed E-state index contributed by atoms with van der Waals surface area (Å²) in [6.45, 7) is 6.73. The van der Waals surface area contributed by atoms with Crippen LogP contribution in [0.25, 0.3) is 0 Å². The highest BCUT2D eigenvalue weighted by atomic mass is 32.2. The van der Waals surface area contributed by atoms with E-state index in [1.165, 1.54) is 18.6 Å². The van der Waals surface area contributed by atoms with E-state index in [1.54, 1.807) is 0 Å². The third-order valence-corrected chi connectivity index (χ3v) is 4.09. The average Bonchev–Trinajstić information content (AvgIpc) is 2.19. The van der Waals surface area contributed by atoms with Crippen molar-refractivity contribution in [2.45, 2.75) is 19.8 Å². The third kappa shape index (κ3) is 4.15. The van der Waals surface area contributed by atoms with Crippen molar-refractivity contribution >= 4 is 28.3 Å². The van der Waals surface area contributed by atoms with Crippen LogP contribution in [0.2, 0.25) is 0 Å². The van der Waals surface area contributed by atoms with Crippen LogP contribution in [0.15, 0.2) is 0 Å². The van der Waals surface area contributed by atoms with Crippen molar-refractivity contribution in [2.24, 2.45) is 0 Å². The highest BCUT2D eigenvalue weighted by molar-refractivity contribution is 8.22. The van der Waals surface area contributed by atoms with Gasteiger partial charge in [-0.1, -0.05) is 37.3 Å². The molecule has 0 atom stereocenters. The Bertz CT molecular complexity index is 177. The van der Waals surface area contributed by atoms with Gasteiger partial charge >= 0.3 is 0 Å². The molecule has 0 spiro atoms. The number of hydrogen-bond acceptors (Lipinski definition) is 3. The van der Waals surface area contributed by atoms with E-state index < -0.39 is 0 Å². The monoisotopic (exact) mass is 232 g/mol. The molecule has 0 radical (unpaired) electrons. The van der Waals surface area contributed by atoms with Gasteiger partial charge in [-0.25, -0.2) is 0 Å². The summed E-state index contributed by atoms with van der Waals surface area (Å²) in [5.41, 5.74) is 0. The smallest absolute Gasteiger partial charge is 0.136 e. The Balaban J connectivity index is 2.17. The van der Waals surface area contributed by atoms with Crippen LogP contribution < -0.4 is 0 Å². The molecule has 1 rings (SSSR count). The molecule has 0 aromatic carbocycles. The second-order valence-electron chi connectivity index (χ2n) is 3.76. The zero-order valence-electron chi connectivity index (χ0n) is 9.16. The van der Waals surface area contributed by atoms with Gasteiger partial charge < -0.3 is 9.80 Å². The predicted octanol–water partition coefficient (Wildman–Crippen LogP) is 2.05. The molecule has 0 amide bonds. The molecule has 2 nitrogen and oxygen atoms in total. The van der Waals surface area contributed by atoms with Crippen LogP contribution in [0.1, 0.15) is 19.8 Å². The lowest BCUT2D eigenvalue weighted by Crippen LogP contribution is -2.45. The fraction of sp³-hybridized carbons (Fsp3) is 0.900. The molecule has 1 aliphatic heterocycles. The molecule has 0 saturated carbocycles. The summed E-state index contributed by atoms with van der Waals surface area (Å²) in [7, 11) is 2.17. The van der Waals surface area contributed by atoms with E-state index >= 15 is 0 Å². The topological polar surface area (TPSA) is 6.48 Å². The van der Waals surface area contributed by atoms with E-state index in [-0.39, 0.29) is 0 Å². The summed E-state index contributed by atoms with van der Waals surface area (Å²) in [4.78, 5) is 4.70. The molecule has 1 heterocycles. The number of rotatable bonds is 3. The quantitative estimate of drug-likeness (QED) is 0.542. The minimum atomic E-state index is 1.10. The minimum absolute atomic E-state index is 1.10. The SMILES string of the molecule is CCCCSC(=S)N1CCN(C)CC1. The van der Waals surface area contributed by atoms with Crippen LogP contribution in [0, 0.1) is 0 Å². The lowest BCUT2D eigenvalue weighted by molar-refractivity contribution is 0.220. The second-order valence-corrected chi connectivity index (χ2v) is 5.49. The highest BCUT2D eigenvalue weighted by Crippen LogP contribution is 2.13. The van der Waals surface area contributed by atoms with Crippen LogP contribution in [-0.2, 0) is 0 Å². The molecule has 0 aromatic rings. The maximum absolute atomic E-state index is 5.40. The number of hydrogen-bond donors (Lipinski definition) is 0. The maximum atomic E-state index is 5.40. The predicted molar refractivity (Wildman–Crippen MR) is 69.0 cm³/mol. The first-order chi connectivity index (χ1) is 6.74. The summed E-state index contributed by atoms with van der Waals surface area (Å²) in [5, 5.41) is 0. The van der Waals surface area contributed by atoms with Crippen LogP contribution in [0.3, 0.4) is 0 Å². The van der Waals surface area contributed by atoms with Gasteiger partial charge in [-0.3, -0.25) is 0 Å². The molecule has 1 saturated heterocycles. The molecule has 0 bridgehead atoms. The van der Waals surface area contributed by atoms with Gasteiger partial charge in [-0.05, 0) is 13.5 Å². The van der Waals surface area contributed by atoms with Crippen molar-refractivity contribution in [3.8, 4) is 0 Å². The Kier molecular flexibility index (Phi) is 5.82. The van der Waals surface area contributed by atoms with Crippen LogP contribution in [0.5, 0.6) is 0 Å². The van der Waals surface area contributed by atoms with Crippen LogP contribution in [-0.4, -0.2) is 53.1 Å². The van der Waals surface area contributed by atoms with Crippen molar-refractivity contribution < 1.29 is 0 Å². The second kappa shape index (κ2) is 6.64. The molecule has 0 aromatic heterocycles. The number of nitrogens with zero attached hydrogens (tertiary/aromatic N) is 2. The lowest BCUT2D eigenvalue weighted by atomic mass is 10.4. The summed E-state index contributed by atoms with van der Waals surface area (Å²) in [6, 6.07) is 0. The third-order valence-electron chi connectivity index (χ3n) is 2.48. The Morgan fingerprint density at radius 2 is 1.93 bits per heavy atom.